The van der Waals surface area contributed by atoms with Crippen molar-refractivity contribution in [2.24, 2.45) is 5.92 Å². The molecule has 0 amide bonds. The number of thioether (sulfide) groups is 1. The number of hydrogen-bond donors (Lipinski definition) is 1. The van der Waals surface area contributed by atoms with Crippen LogP contribution in [-0.4, -0.2) is 12.3 Å². The summed E-state index contributed by atoms with van der Waals surface area (Å²) in [6.07, 6.45) is 0. The van der Waals surface area contributed by atoms with Crippen LogP contribution in [0.1, 0.15) is 26.3 Å². The van der Waals surface area contributed by atoms with Crippen LogP contribution in [0.5, 0.6) is 0 Å². The highest BCUT2D eigenvalue weighted by Crippen LogP contribution is 2.33. The third kappa shape index (κ3) is 4.00. The number of hydrogen-bond acceptors (Lipinski definition) is 2. The van der Waals surface area contributed by atoms with Gasteiger partial charge in [0.1, 0.15) is 0 Å². The summed E-state index contributed by atoms with van der Waals surface area (Å²) in [5.74, 6) is 0.665. The van der Waals surface area contributed by atoms with Crippen LogP contribution >= 0.6 is 23.4 Å². The molecule has 1 atom stereocenters. The van der Waals surface area contributed by atoms with Gasteiger partial charge in [0.05, 0.1) is 5.02 Å². The standard InChI is InChI=1S/C13H20ClNS/c1-9(2)10(3)16-13-6-5-11(8-15-4)7-12(13)14/h5-7,9-10,15H,8H2,1-4H3. The topological polar surface area (TPSA) is 12.0 Å². The minimum atomic E-state index is 0.590. The van der Waals surface area contributed by atoms with E-state index >= 15 is 0 Å². The van der Waals surface area contributed by atoms with Crippen molar-refractivity contribution in [1.82, 2.24) is 5.32 Å². The fourth-order valence-corrected chi connectivity index (χ4v) is 2.62. The second kappa shape index (κ2) is 6.53. The van der Waals surface area contributed by atoms with Crippen LogP contribution in [0.25, 0.3) is 0 Å². The lowest BCUT2D eigenvalue weighted by Gasteiger charge is -2.16. The summed E-state index contributed by atoms with van der Waals surface area (Å²) in [5, 5.41) is 4.58. The zero-order chi connectivity index (χ0) is 12.1. The van der Waals surface area contributed by atoms with Crippen LogP contribution in [0.3, 0.4) is 0 Å². The Balaban J connectivity index is 2.75. The maximum absolute atomic E-state index is 6.27. The Bertz CT molecular complexity index is 339. The number of rotatable bonds is 5. The van der Waals surface area contributed by atoms with Crippen LogP contribution < -0.4 is 5.32 Å². The SMILES string of the molecule is CNCc1ccc(SC(C)C(C)C)c(Cl)c1. The Morgan fingerprint density at radius 1 is 1.31 bits per heavy atom. The first-order chi connectivity index (χ1) is 7.54. The van der Waals surface area contributed by atoms with Crippen LogP contribution in [0, 0.1) is 5.92 Å². The first kappa shape index (κ1) is 13.9. The van der Waals surface area contributed by atoms with Gasteiger partial charge in [-0.05, 0) is 30.7 Å². The monoisotopic (exact) mass is 257 g/mol. The smallest absolute Gasteiger partial charge is 0.0545 e. The van der Waals surface area contributed by atoms with Gasteiger partial charge in [0.15, 0.2) is 0 Å². The summed E-state index contributed by atoms with van der Waals surface area (Å²) in [5.41, 5.74) is 1.23. The molecule has 0 fully saturated rings. The van der Waals surface area contributed by atoms with Crippen molar-refractivity contribution in [3.05, 3.63) is 28.8 Å². The van der Waals surface area contributed by atoms with Gasteiger partial charge in [0.2, 0.25) is 0 Å². The zero-order valence-electron chi connectivity index (χ0n) is 10.4. The Morgan fingerprint density at radius 2 is 2.00 bits per heavy atom. The molecule has 0 heterocycles. The molecule has 1 aromatic carbocycles. The van der Waals surface area contributed by atoms with E-state index in [-0.39, 0.29) is 0 Å². The lowest BCUT2D eigenvalue weighted by Crippen LogP contribution is -2.06. The van der Waals surface area contributed by atoms with Crippen LogP contribution in [0.2, 0.25) is 5.02 Å². The molecule has 0 aliphatic rings. The zero-order valence-corrected chi connectivity index (χ0v) is 12.0. The third-order valence-electron chi connectivity index (χ3n) is 2.63. The van der Waals surface area contributed by atoms with Crippen LogP contribution in [0.4, 0.5) is 0 Å². The van der Waals surface area contributed by atoms with Gasteiger partial charge >= 0.3 is 0 Å². The molecule has 16 heavy (non-hydrogen) atoms. The molecule has 0 radical (unpaired) electrons. The molecule has 3 heteroatoms. The van der Waals surface area contributed by atoms with Crippen molar-refractivity contribution in [2.75, 3.05) is 7.05 Å². The largest absolute Gasteiger partial charge is 0.316 e. The number of nitrogens with one attached hydrogen (secondary N) is 1. The maximum atomic E-state index is 6.27. The highest BCUT2D eigenvalue weighted by Gasteiger charge is 2.11. The van der Waals surface area contributed by atoms with Gasteiger partial charge in [-0.3, -0.25) is 0 Å². The molecule has 0 bridgehead atoms. The quantitative estimate of drug-likeness (QED) is 0.794. The lowest BCUT2D eigenvalue weighted by atomic mass is 10.2. The summed E-state index contributed by atoms with van der Waals surface area (Å²) in [7, 11) is 1.94. The van der Waals surface area contributed by atoms with Gasteiger partial charge in [0, 0.05) is 16.7 Å². The van der Waals surface area contributed by atoms with E-state index in [0.29, 0.717) is 11.2 Å². The first-order valence-corrected chi connectivity index (χ1v) is 6.90. The van der Waals surface area contributed by atoms with E-state index in [4.69, 9.17) is 11.6 Å². The second-order valence-electron chi connectivity index (χ2n) is 4.36. The van der Waals surface area contributed by atoms with E-state index in [2.05, 4.69) is 38.2 Å². The van der Waals surface area contributed by atoms with Gasteiger partial charge in [-0.1, -0.05) is 38.4 Å². The first-order valence-electron chi connectivity index (χ1n) is 5.64. The lowest BCUT2D eigenvalue weighted by molar-refractivity contribution is 0.642. The predicted octanol–water partition coefficient (Wildman–Crippen LogP) is 4.20. The molecule has 1 aromatic rings. The molecular formula is C13H20ClNS. The van der Waals surface area contributed by atoms with E-state index in [1.807, 2.05) is 24.9 Å². The maximum Gasteiger partial charge on any atom is 0.0545 e. The van der Waals surface area contributed by atoms with E-state index in [1.54, 1.807) is 0 Å². The van der Waals surface area contributed by atoms with Crippen molar-refractivity contribution in [2.45, 2.75) is 37.5 Å². The Morgan fingerprint density at radius 3 is 2.50 bits per heavy atom. The van der Waals surface area contributed by atoms with Crippen molar-refractivity contribution < 1.29 is 0 Å². The summed E-state index contributed by atoms with van der Waals surface area (Å²) in [6, 6.07) is 6.31. The normalized spacial score (nSPS) is 13.1. The van der Waals surface area contributed by atoms with Gasteiger partial charge in [0.25, 0.3) is 0 Å². The van der Waals surface area contributed by atoms with Gasteiger partial charge in [-0.2, -0.15) is 0 Å². The fourth-order valence-electron chi connectivity index (χ4n) is 1.29. The Hall–Kier alpha value is -0.180. The van der Waals surface area contributed by atoms with Crippen LogP contribution in [0.15, 0.2) is 23.1 Å². The highest BCUT2D eigenvalue weighted by atomic mass is 35.5. The van der Waals surface area contributed by atoms with Crippen molar-refractivity contribution >= 4 is 23.4 Å². The van der Waals surface area contributed by atoms with Gasteiger partial charge in [-0.15, -0.1) is 11.8 Å². The number of benzene rings is 1. The van der Waals surface area contributed by atoms with E-state index in [9.17, 15) is 0 Å². The summed E-state index contributed by atoms with van der Waals surface area (Å²) in [6.45, 7) is 7.58. The van der Waals surface area contributed by atoms with Crippen molar-refractivity contribution in [1.29, 1.82) is 0 Å². The van der Waals surface area contributed by atoms with E-state index < -0.39 is 0 Å². The summed E-state index contributed by atoms with van der Waals surface area (Å²) in [4.78, 5) is 1.18. The minimum Gasteiger partial charge on any atom is -0.316 e. The highest BCUT2D eigenvalue weighted by molar-refractivity contribution is 8.00. The molecular weight excluding hydrogens is 238 g/mol. The number of halogens is 1. The molecule has 1 N–H and O–H groups in total. The average Bonchev–Trinajstić information content (AvgIpc) is 2.22. The summed E-state index contributed by atoms with van der Waals surface area (Å²) >= 11 is 8.12. The molecule has 0 aliphatic carbocycles. The molecule has 0 saturated carbocycles. The molecule has 0 aliphatic heterocycles. The van der Waals surface area contributed by atoms with E-state index in [0.717, 1.165) is 11.6 Å². The molecule has 90 valence electrons. The Labute approximate surface area is 108 Å². The summed E-state index contributed by atoms with van der Waals surface area (Å²) < 4.78 is 0. The molecule has 1 rings (SSSR count). The molecule has 1 nitrogen and oxygen atoms in total. The fraction of sp³-hybridized carbons (Fsp3) is 0.538. The molecule has 1 unspecified atom stereocenters. The molecule has 0 saturated heterocycles. The van der Waals surface area contributed by atoms with Gasteiger partial charge < -0.3 is 5.32 Å². The average molecular weight is 258 g/mol. The third-order valence-corrected chi connectivity index (χ3v) is 4.58. The predicted molar refractivity (Wildman–Crippen MR) is 74.4 cm³/mol. The van der Waals surface area contributed by atoms with E-state index in [1.165, 1.54) is 10.5 Å². The molecule has 0 aromatic heterocycles. The Kier molecular flexibility index (Phi) is 5.67. The van der Waals surface area contributed by atoms with Gasteiger partial charge in [-0.25, -0.2) is 0 Å². The second-order valence-corrected chi connectivity index (χ2v) is 6.19. The minimum absolute atomic E-state index is 0.590. The van der Waals surface area contributed by atoms with Crippen molar-refractivity contribution in [3.63, 3.8) is 0 Å². The van der Waals surface area contributed by atoms with Crippen molar-refractivity contribution in [3.8, 4) is 0 Å². The molecule has 0 spiro atoms. The van der Waals surface area contributed by atoms with Crippen LogP contribution in [-0.2, 0) is 6.54 Å².